The van der Waals surface area contributed by atoms with Gasteiger partial charge in [-0.3, -0.25) is 0 Å². The Morgan fingerprint density at radius 3 is 1.79 bits per heavy atom. The van der Waals surface area contributed by atoms with Crippen LogP contribution in [0.3, 0.4) is 0 Å². The molecule has 2 rings (SSSR count). The molecule has 0 aliphatic carbocycles. The van der Waals surface area contributed by atoms with Gasteiger partial charge in [0, 0.05) is 5.41 Å². The molecule has 0 aliphatic rings. The number of ether oxygens (including phenoxy) is 1. The molecule has 0 spiro atoms. The lowest BCUT2D eigenvalue weighted by Gasteiger charge is -2.44. The quantitative estimate of drug-likeness (QED) is 0.567. The summed E-state index contributed by atoms with van der Waals surface area (Å²) in [5, 5.41) is 12.2. The molecule has 0 aromatic heterocycles. The smallest absolute Gasteiger partial charge is 0.405 e. The van der Waals surface area contributed by atoms with Gasteiger partial charge in [0.1, 0.15) is 12.4 Å². The molecule has 2 aromatic rings. The average Bonchev–Trinajstić information content (AvgIpc) is 2.66. The van der Waals surface area contributed by atoms with Crippen LogP contribution < -0.4 is 10.1 Å². The number of benzene rings is 2. The summed E-state index contributed by atoms with van der Waals surface area (Å²) in [5.74, 6) is 0.682. The van der Waals surface area contributed by atoms with E-state index in [0.717, 1.165) is 27.8 Å². The Morgan fingerprint density at radius 2 is 1.38 bits per heavy atom. The molecule has 0 aliphatic heterocycles. The number of rotatable bonds is 8. The Balaban J connectivity index is 2.30. The van der Waals surface area contributed by atoms with Gasteiger partial charge in [0.05, 0.1) is 5.54 Å². The zero-order valence-corrected chi connectivity index (χ0v) is 18.0. The SMILES string of the molecule is C=C(C)c1ccc(OCC(C)(NC(=O)O)C(C)(C)c2ccc(C(=C)C)cc2)cc1. The molecule has 154 valence electrons. The Hall–Kier alpha value is -3.01. The highest BCUT2D eigenvalue weighted by Crippen LogP contribution is 2.36. The number of allylic oxidation sites excluding steroid dienone is 2. The lowest BCUT2D eigenvalue weighted by molar-refractivity contribution is 0.112. The van der Waals surface area contributed by atoms with Crippen LogP contribution in [-0.4, -0.2) is 23.3 Å². The van der Waals surface area contributed by atoms with Gasteiger partial charge in [-0.25, -0.2) is 4.79 Å². The molecule has 1 unspecified atom stereocenters. The van der Waals surface area contributed by atoms with Crippen LogP contribution >= 0.6 is 0 Å². The number of nitrogens with one attached hydrogen (secondary N) is 1. The van der Waals surface area contributed by atoms with Crippen LogP contribution in [0, 0.1) is 0 Å². The van der Waals surface area contributed by atoms with Gasteiger partial charge in [0.15, 0.2) is 0 Å². The maximum Gasteiger partial charge on any atom is 0.405 e. The molecular formula is C25H31NO3. The molecule has 1 atom stereocenters. The standard InChI is InChI=1S/C25H31NO3/c1-17(2)19-8-12-21(13-9-19)24(5,6)25(7,26-23(27)28)16-29-22-14-10-20(11-15-22)18(3)4/h8-15,26H,1,3,16H2,2,4-7H3,(H,27,28). The van der Waals surface area contributed by atoms with Crippen LogP contribution in [0.25, 0.3) is 11.1 Å². The normalized spacial score (nSPS) is 13.3. The predicted octanol–water partition coefficient (Wildman–Crippen LogP) is 6.14. The highest BCUT2D eigenvalue weighted by molar-refractivity contribution is 5.66. The van der Waals surface area contributed by atoms with Crippen LogP contribution in [0.4, 0.5) is 4.79 Å². The van der Waals surface area contributed by atoms with Crippen LogP contribution in [0.5, 0.6) is 5.75 Å². The summed E-state index contributed by atoms with van der Waals surface area (Å²) in [6.07, 6.45) is -1.08. The minimum Gasteiger partial charge on any atom is -0.491 e. The summed E-state index contributed by atoms with van der Waals surface area (Å²) in [6.45, 7) is 17.9. The number of carbonyl (C=O) groups is 1. The third-order valence-electron chi connectivity index (χ3n) is 5.74. The fraction of sp³-hybridized carbons (Fsp3) is 0.320. The Bertz CT molecular complexity index is 895. The zero-order valence-electron chi connectivity index (χ0n) is 18.0. The Kier molecular flexibility index (Phi) is 6.58. The van der Waals surface area contributed by atoms with Crippen molar-refractivity contribution in [2.24, 2.45) is 0 Å². The van der Waals surface area contributed by atoms with E-state index in [9.17, 15) is 9.90 Å². The molecule has 4 heteroatoms. The van der Waals surface area contributed by atoms with Crippen molar-refractivity contribution in [1.82, 2.24) is 5.32 Å². The van der Waals surface area contributed by atoms with E-state index in [4.69, 9.17) is 4.74 Å². The molecular weight excluding hydrogens is 362 g/mol. The van der Waals surface area contributed by atoms with Gasteiger partial charge in [-0.15, -0.1) is 0 Å². The lowest BCUT2D eigenvalue weighted by atomic mass is 9.69. The van der Waals surface area contributed by atoms with Gasteiger partial charge >= 0.3 is 6.09 Å². The first kappa shape index (κ1) is 22.3. The van der Waals surface area contributed by atoms with Crippen LogP contribution in [-0.2, 0) is 5.41 Å². The van der Waals surface area contributed by atoms with Crippen molar-refractivity contribution in [3.8, 4) is 5.75 Å². The third kappa shape index (κ3) is 5.08. The monoisotopic (exact) mass is 393 g/mol. The summed E-state index contributed by atoms with van der Waals surface area (Å²) >= 11 is 0. The highest BCUT2D eigenvalue weighted by Gasteiger charge is 2.44. The number of carboxylic acid groups (broad SMARTS) is 1. The second-order valence-corrected chi connectivity index (χ2v) is 8.34. The fourth-order valence-corrected chi connectivity index (χ4v) is 3.16. The Labute approximate surface area is 173 Å². The molecule has 29 heavy (non-hydrogen) atoms. The first-order valence-electron chi connectivity index (χ1n) is 9.62. The second-order valence-electron chi connectivity index (χ2n) is 8.34. The highest BCUT2D eigenvalue weighted by atomic mass is 16.5. The second kappa shape index (κ2) is 8.56. The van der Waals surface area contributed by atoms with E-state index in [1.54, 1.807) is 0 Å². The van der Waals surface area contributed by atoms with Crippen molar-refractivity contribution >= 4 is 17.2 Å². The molecule has 0 radical (unpaired) electrons. The third-order valence-corrected chi connectivity index (χ3v) is 5.74. The van der Waals surface area contributed by atoms with Gasteiger partial charge in [0.2, 0.25) is 0 Å². The molecule has 0 saturated heterocycles. The maximum atomic E-state index is 11.6. The molecule has 2 N–H and O–H groups in total. The summed E-state index contributed by atoms with van der Waals surface area (Å²) in [7, 11) is 0. The van der Waals surface area contributed by atoms with Crippen molar-refractivity contribution in [2.45, 2.75) is 45.6 Å². The summed E-state index contributed by atoms with van der Waals surface area (Å²) < 4.78 is 6.01. The van der Waals surface area contributed by atoms with E-state index in [1.807, 2.05) is 83.1 Å². The summed E-state index contributed by atoms with van der Waals surface area (Å²) in [4.78, 5) is 11.6. The largest absolute Gasteiger partial charge is 0.491 e. The van der Waals surface area contributed by atoms with Crippen molar-refractivity contribution < 1.29 is 14.6 Å². The van der Waals surface area contributed by atoms with Gasteiger partial charge in [-0.1, -0.05) is 74.5 Å². The van der Waals surface area contributed by atoms with Crippen molar-refractivity contribution in [3.63, 3.8) is 0 Å². The molecule has 1 amide bonds. The predicted molar refractivity (Wildman–Crippen MR) is 120 cm³/mol. The fourth-order valence-electron chi connectivity index (χ4n) is 3.16. The van der Waals surface area contributed by atoms with E-state index >= 15 is 0 Å². The average molecular weight is 394 g/mol. The van der Waals surface area contributed by atoms with Gasteiger partial charge in [0.25, 0.3) is 0 Å². The van der Waals surface area contributed by atoms with Gasteiger partial charge in [-0.2, -0.15) is 0 Å². The number of hydrogen-bond acceptors (Lipinski definition) is 2. The van der Waals surface area contributed by atoms with Crippen LogP contribution in [0.15, 0.2) is 61.7 Å². The lowest BCUT2D eigenvalue weighted by Crippen LogP contribution is -2.61. The van der Waals surface area contributed by atoms with E-state index in [1.165, 1.54) is 0 Å². The Morgan fingerprint density at radius 1 is 0.931 bits per heavy atom. The van der Waals surface area contributed by atoms with Crippen LogP contribution in [0.2, 0.25) is 0 Å². The van der Waals surface area contributed by atoms with E-state index < -0.39 is 17.0 Å². The summed E-state index contributed by atoms with van der Waals surface area (Å²) in [6, 6.07) is 15.7. The van der Waals surface area contributed by atoms with Crippen molar-refractivity contribution in [2.75, 3.05) is 6.61 Å². The molecule has 4 nitrogen and oxygen atoms in total. The van der Waals surface area contributed by atoms with Gasteiger partial charge in [-0.05, 0) is 49.6 Å². The van der Waals surface area contributed by atoms with E-state index in [0.29, 0.717) is 5.75 Å². The first-order chi connectivity index (χ1) is 13.5. The molecule has 0 fully saturated rings. The maximum absolute atomic E-state index is 11.6. The summed E-state index contributed by atoms with van der Waals surface area (Å²) in [5.41, 5.74) is 3.69. The molecule has 2 aromatic carbocycles. The molecule has 0 saturated carbocycles. The van der Waals surface area contributed by atoms with Gasteiger partial charge < -0.3 is 15.2 Å². The van der Waals surface area contributed by atoms with Crippen molar-refractivity contribution in [1.29, 1.82) is 0 Å². The number of hydrogen-bond donors (Lipinski definition) is 2. The topological polar surface area (TPSA) is 58.6 Å². The van der Waals surface area contributed by atoms with Crippen molar-refractivity contribution in [3.05, 3.63) is 78.4 Å². The molecule has 0 bridgehead atoms. The van der Waals surface area contributed by atoms with Crippen LogP contribution in [0.1, 0.15) is 51.3 Å². The van der Waals surface area contributed by atoms with E-state index in [2.05, 4.69) is 18.5 Å². The molecule has 0 heterocycles. The number of amides is 1. The first-order valence-corrected chi connectivity index (χ1v) is 9.62. The minimum absolute atomic E-state index is 0.182. The zero-order chi connectivity index (χ0) is 21.8. The van der Waals surface area contributed by atoms with E-state index in [-0.39, 0.29) is 6.61 Å². The minimum atomic E-state index is -1.08.